The van der Waals surface area contributed by atoms with Gasteiger partial charge in [0.05, 0.1) is 51.7 Å². The molecule has 0 unspecified atom stereocenters. The largest absolute Gasteiger partial charge is 0.543 e. The van der Waals surface area contributed by atoms with E-state index in [2.05, 4.69) is 29.6 Å². The molecule has 41 heavy (non-hydrogen) atoms. The topological polar surface area (TPSA) is 179 Å². The van der Waals surface area contributed by atoms with E-state index in [1.807, 2.05) is 0 Å². The van der Waals surface area contributed by atoms with E-state index in [0.717, 1.165) is 0 Å². The average Bonchev–Trinajstić information content (AvgIpc) is 2.99. The van der Waals surface area contributed by atoms with Gasteiger partial charge in [-0.05, 0) is 55.7 Å². The summed E-state index contributed by atoms with van der Waals surface area (Å²) in [5.74, 6) is -0.927. The van der Waals surface area contributed by atoms with Crippen LogP contribution in [0.4, 0.5) is 9.59 Å². The lowest BCUT2D eigenvalue weighted by molar-refractivity contribution is -0.452. The molecule has 224 valence electrons. The Bertz CT molecular complexity index is 1070. The lowest BCUT2D eigenvalue weighted by atomic mass is 10.2. The maximum absolute atomic E-state index is 12.1. The molecule has 0 aliphatic carbocycles. The van der Waals surface area contributed by atoms with Crippen molar-refractivity contribution in [2.45, 2.75) is 19.3 Å². The normalized spacial score (nSPS) is 10.0. The molecule has 0 saturated heterocycles. The molecule has 16 nitrogen and oxygen atoms in total. The maximum Gasteiger partial charge on any atom is 0.543 e. The maximum atomic E-state index is 12.1. The Hall–Kier alpha value is -4.96. The molecular weight excluding hydrogens is 556 g/mol. The van der Waals surface area contributed by atoms with Crippen LogP contribution in [0.15, 0.2) is 36.4 Å². The van der Waals surface area contributed by atoms with Crippen LogP contribution in [0, 0.1) is 0 Å². The van der Waals surface area contributed by atoms with Gasteiger partial charge >= 0.3 is 24.2 Å². The van der Waals surface area contributed by atoms with Crippen molar-refractivity contribution in [1.82, 2.24) is 0 Å². The quantitative estimate of drug-likeness (QED) is 0.120. The molecule has 0 atom stereocenters. The summed E-state index contributed by atoms with van der Waals surface area (Å²) in [6, 6.07) is 8.78. The van der Waals surface area contributed by atoms with Crippen molar-refractivity contribution < 1.29 is 77.2 Å². The summed E-state index contributed by atoms with van der Waals surface area (Å²) in [7, 11) is 5.52. The molecule has 0 spiro atoms. The summed E-state index contributed by atoms with van der Waals surface area (Å²) in [5, 5.41) is 8.31. The van der Waals surface area contributed by atoms with Crippen LogP contribution in [0.3, 0.4) is 0 Å². The monoisotopic (exact) mass is 584 g/mol. The van der Waals surface area contributed by atoms with Crippen molar-refractivity contribution in [1.29, 1.82) is 0 Å². The second-order valence-electron chi connectivity index (χ2n) is 7.43. The van der Waals surface area contributed by atoms with Gasteiger partial charge in [0.2, 0.25) is 0 Å². The molecule has 2 aromatic carbocycles. The van der Waals surface area contributed by atoms with Gasteiger partial charge in [0.15, 0.2) is 0 Å². The van der Waals surface area contributed by atoms with Gasteiger partial charge in [-0.3, -0.25) is 9.78 Å². The van der Waals surface area contributed by atoms with E-state index in [1.54, 1.807) is 12.1 Å². The van der Waals surface area contributed by atoms with Gasteiger partial charge in [-0.25, -0.2) is 29.0 Å². The van der Waals surface area contributed by atoms with Gasteiger partial charge in [-0.2, -0.15) is 0 Å². The third kappa shape index (κ3) is 11.0. The lowest BCUT2D eigenvalue weighted by Crippen LogP contribution is -2.14. The smallest absolute Gasteiger partial charge is 0.497 e. The fourth-order valence-electron chi connectivity index (χ4n) is 2.93. The summed E-state index contributed by atoms with van der Waals surface area (Å²) in [4.78, 5) is 64.4. The number of unbranched alkanes of at least 4 members (excludes halogenated alkanes) is 2. The second-order valence-corrected chi connectivity index (χ2v) is 7.43. The number of carbonyl (C=O) groups excluding carboxylic acids is 4. The van der Waals surface area contributed by atoms with Crippen molar-refractivity contribution in [3.63, 3.8) is 0 Å². The molecule has 0 aliphatic heterocycles. The summed E-state index contributed by atoms with van der Waals surface area (Å²) < 4.78 is 29.6. The highest BCUT2D eigenvalue weighted by Crippen LogP contribution is 2.25. The fraction of sp³-hybridized carbons (Fsp3) is 0.360. The molecular formula is C25H28O16. The van der Waals surface area contributed by atoms with E-state index < -0.39 is 24.2 Å². The Morgan fingerprint density at radius 3 is 1.32 bits per heavy atom. The number of benzene rings is 2. The van der Waals surface area contributed by atoms with Crippen LogP contribution in [0.5, 0.6) is 23.0 Å². The summed E-state index contributed by atoms with van der Waals surface area (Å²) in [6.45, 7) is -0.145. The van der Waals surface area contributed by atoms with E-state index in [1.165, 1.54) is 52.7 Å². The predicted octanol–water partition coefficient (Wildman–Crippen LogP) is 3.90. The van der Waals surface area contributed by atoms with Crippen molar-refractivity contribution >= 4 is 24.2 Å². The van der Waals surface area contributed by atoms with Gasteiger partial charge in [0.25, 0.3) is 0 Å². The van der Waals surface area contributed by atoms with Crippen molar-refractivity contribution in [3.8, 4) is 23.0 Å². The number of ether oxygens (including phenoxy) is 6. The first-order valence-electron chi connectivity index (χ1n) is 11.7. The van der Waals surface area contributed by atoms with Gasteiger partial charge in [-0.1, -0.05) is 0 Å². The first kappa shape index (κ1) is 32.3. The Morgan fingerprint density at radius 1 is 0.537 bits per heavy atom. The van der Waals surface area contributed by atoms with Gasteiger partial charge < -0.3 is 28.4 Å². The summed E-state index contributed by atoms with van der Waals surface area (Å²) in [5.41, 5.74) is -0.0622. The van der Waals surface area contributed by atoms with E-state index in [-0.39, 0.29) is 35.8 Å². The van der Waals surface area contributed by atoms with E-state index >= 15 is 0 Å². The van der Waals surface area contributed by atoms with Crippen molar-refractivity contribution in [2.75, 3.05) is 41.7 Å². The number of hydrogen-bond acceptors (Lipinski definition) is 16. The fourth-order valence-corrected chi connectivity index (χ4v) is 2.93. The Morgan fingerprint density at radius 2 is 0.951 bits per heavy atom. The molecule has 0 amide bonds. The van der Waals surface area contributed by atoms with Gasteiger partial charge in [-0.15, -0.1) is 0 Å². The third-order valence-electron chi connectivity index (χ3n) is 4.91. The lowest BCUT2D eigenvalue weighted by Gasteiger charge is -2.09. The minimum atomic E-state index is -1.26. The number of rotatable bonds is 16. The van der Waals surface area contributed by atoms with Crippen molar-refractivity contribution in [2.24, 2.45) is 0 Å². The van der Waals surface area contributed by atoms with Gasteiger partial charge in [0.1, 0.15) is 34.1 Å². The Labute approximate surface area is 233 Å². The van der Waals surface area contributed by atoms with E-state index in [4.69, 9.17) is 28.4 Å². The highest BCUT2D eigenvalue weighted by molar-refractivity contribution is 5.93. The molecule has 2 aromatic rings. The Balaban J connectivity index is 1.53. The van der Waals surface area contributed by atoms with Crippen LogP contribution in [0.1, 0.15) is 40.0 Å². The number of hydrogen-bond donors (Lipinski definition) is 0. The van der Waals surface area contributed by atoms with E-state index in [0.29, 0.717) is 30.8 Å². The first-order chi connectivity index (χ1) is 19.8. The zero-order valence-corrected chi connectivity index (χ0v) is 22.5. The minimum absolute atomic E-state index is 0.0311. The number of carbonyl (C=O) groups is 4. The van der Waals surface area contributed by atoms with Crippen LogP contribution < -0.4 is 18.9 Å². The number of methoxy groups -OCH3 is 4. The molecule has 0 bridgehead atoms. The van der Waals surface area contributed by atoms with Crippen LogP contribution >= 0.6 is 0 Å². The third-order valence-corrected chi connectivity index (χ3v) is 4.91. The van der Waals surface area contributed by atoms with Crippen LogP contribution in [-0.2, 0) is 39.1 Å². The van der Waals surface area contributed by atoms with Crippen molar-refractivity contribution in [3.05, 3.63) is 47.5 Å². The van der Waals surface area contributed by atoms with Gasteiger partial charge in [0, 0.05) is 0 Å². The molecule has 0 heterocycles. The molecule has 0 N–H and O–H groups in total. The van der Waals surface area contributed by atoms with Crippen LogP contribution in [0.25, 0.3) is 0 Å². The highest BCUT2D eigenvalue weighted by atomic mass is 17.5. The minimum Gasteiger partial charge on any atom is -0.497 e. The second kappa shape index (κ2) is 17.6. The molecule has 2 rings (SSSR count). The summed E-state index contributed by atoms with van der Waals surface area (Å²) >= 11 is 0. The average molecular weight is 584 g/mol. The van der Waals surface area contributed by atoms with Crippen LogP contribution in [-0.4, -0.2) is 65.9 Å². The first-order valence-corrected chi connectivity index (χ1v) is 11.7. The van der Waals surface area contributed by atoms with Crippen LogP contribution in [0.2, 0.25) is 0 Å². The molecule has 0 fully saturated rings. The highest BCUT2D eigenvalue weighted by Gasteiger charge is 2.19. The summed E-state index contributed by atoms with van der Waals surface area (Å²) in [6.07, 6.45) is -1.31. The molecule has 0 saturated carbocycles. The zero-order chi connectivity index (χ0) is 30.0. The van der Waals surface area contributed by atoms with E-state index in [9.17, 15) is 19.2 Å². The molecule has 0 radical (unpaired) electrons. The predicted molar refractivity (Wildman–Crippen MR) is 131 cm³/mol. The standard InChI is InChI=1S/C25H28O16/c1-30-16-8-10-20(32-3)18(14-16)22(26)36-40-38-24(28)34-12-6-5-7-13-35-25(29)39-41-37-23(27)19-15-17(31-2)9-11-21(19)33-4/h8-11,14-15H,5-7,12-13H2,1-4H3. The Kier molecular flexibility index (Phi) is 13.8. The molecule has 0 aromatic heterocycles. The SMILES string of the molecule is COc1ccc(OC)c(C(=O)OOOC(=O)OCCCCCOC(=O)OOOC(=O)c2cc(OC)ccc2OC)c1. The molecule has 16 heteroatoms. The zero-order valence-electron chi connectivity index (χ0n) is 22.5. The molecule has 0 aliphatic rings.